The van der Waals surface area contributed by atoms with Crippen LogP contribution in [0.15, 0.2) is 53.3 Å². The Kier molecular flexibility index (Phi) is 6.86. The van der Waals surface area contributed by atoms with Crippen LogP contribution in [-0.2, 0) is 4.79 Å². The smallest absolute Gasteiger partial charge is 0.266 e. The fourth-order valence-electron chi connectivity index (χ4n) is 4.61. The van der Waals surface area contributed by atoms with Crippen molar-refractivity contribution in [3.63, 3.8) is 0 Å². The number of benzene rings is 2. The van der Waals surface area contributed by atoms with Crippen LogP contribution in [0.3, 0.4) is 0 Å². The number of aromatic nitrogens is 2. The average molecular weight is 467 g/mol. The standard InChI is InChI=1S/C26H31ClN4O2/c1-17(2)15-24(32)30-14-13-29(16-18(30)3)19(4)25-28-23-8-6-5-7-22(23)26(33)31(25)21-11-9-20(27)10-12-21/h5-12,17-19H,13-16H2,1-4H3. The monoisotopic (exact) mass is 466 g/mol. The minimum absolute atomic E-state index is 0.0939. The Morgan fingerprint density at radius 2 is 1.79 bits per heavy atom. The van der Waals surface area contributed by atoms with Crippen molar-refractivity contribution in [1.82, 2.24) is 19.4 Å². The van der Waals surface area contributed by atoms with Gasteiger partial charge in [-0.15, -0.1) is 0 Å². The summed E-state index contributed by atoms with van der Waals surface area (Å²) < 4.78 is 1.70. The summed E-state index contributed by atoms with van der Waals surface area (Å²) in [6.07, 6.45) is 0.572. The highest BCUT2D eigenvalue weighted by molar-refractivity contribution is 6.30. The van der Waals surface area contributed by atoms with Gasteiger partial charge in [-0.2, -0.15) is 0 Å². The molecule has 2 aromatic carbocycles. The molecule has 0 aliphatic carbocycles. The third-order valence-corrected chi connectivity index (χ3v) is 6.62. The molecule has 1 saturated heterocycles. The number of hydrogen-bond donors (Lipinski definition) is 0. The third-order valence-electron chi connectivity index (χ3n) is 6.37. The maximum atomic E-state index is 13.5. The van der Waals surface area contributed by atoms with Crippen LogP contribution in [0.5, 0.6) is 0 Å². The molecule has 1 aliphatic rings. The van der Waals surface area contributed by atoms with E-state index in [0.717, 1.165) is 18.8 Å². The lowest BCUT2D eigenvalue weighted by molar-refractivity contribution is -0.136. The van der Waals surface area contributed by atoms with Gasteiger partial charge in [0.25, 0.3) is 5.56 Å². The summed E-state index contributed by atoms with van der Waals surface area (Å²) in [4.78, 5) is 35.4. The van der Waals surface area contributed by atoms with Crippen LogP contribution in [0.2, 0.25) is 5.02 Å². The van der Waals surface area contributed by atoms with E-state index >= 15 is 0 Å². The van der Waals surface area contributed by atoms with Crippen molar-refractivity contribution in [2.75, 3.05) is 19.6 Å². The number of piperazine rings is 1. The molecular weight excluding hydrogens is 436 g/mol. The summed E-state index contributed by atoms with van der Waals surface area (Å²) in [7, 11) is 0. The Bertz CT molecular complexity index is 1210. The number of halogens is 1. The van der Waals surface area contributed by atoms with Gasteiger partial charge in [0.2, 0.25) is 5.91 Å². The molecule has 1 fully saturated rings. The van der Waals surface area contributed by atoms with Crippen molar-refractivity contribution in [3.05, 3.63) is 69.7 Å². The molecule has 174 valence electrons. The zero-order valence-electron chi connectivity index (χ0n) is 19.7. The van der Waals surface area contributed by atoms with Crippen LogP contribution in [0.25, 0.3) is 16.6 Å². The molecule has 7 heteroatoms. The predicted octanol–water partition coefficient (Wildman–Crippen LogP) is 4.68. The van der Waals surface area contributed by atoms with Gasteiger partial charge in [0, 0.05) is 37.1 Å². The lowest BCUT2D eigenvalue weighted by Gasteiger charge is -2.42. The van der Waals surface area contributed by atoms with Gasteiger partial charge in [-0.3, -0.25) is 19.1 Å². The van der Waals surface area contributed by atoms with Crippen LogP contribution >= 0.6 is 11.6 Å². The van der Waals surface area contributed by atoms with Crippen LogP contribution < -0.4 is 5.56 Å². The summed E-state index contributed by atoms with van der Waals surface area (Å²) in [5.74, 6) is 1.25. The second-order valence-electron chi connectivity index (χ2n) is 9.31. The van der Waals surface area contributed by atoms with E-state index in [9.17, 15) is 9.59 Å². The van der Waals surface area contributed by atoms with E-state index in [0.29, 0.717) is 40.6 Å². The SMILES string of the molecule is CC(C)CC(=O)N1CCN(C(C)c2nc3ccccc3c(=O)n2-c2ccc(Cl)cc2)CC1C. The highest BCUT2D eigenvalue weighted by Crippen LogP contribution is 2.26. The number of hydrogen-bond acceptors (Lipinski definition) is 4. The highest BCUT2D eigenvalue weighted by atomic mass is 35.5. The van der Waals surface area contributed by atoms with Crippen molar-refractivity contribution in [1.29, 1.82) is 0 Å². The molecule has 0 saturated carbocycles. The van der Waals surface area contributed by atoms with Crippen molar-refractivity contribution in [2.24, 2.45) is 5.92 Å². The fourth-order valence-corrected chi connectivity index (χ4v) is 4.73. The molecule has 6 nitrogen and oxygen atoms in total. The molecule has 2 unspecified atom stereocenters. The summed E-state index contributed by atoms with van der Waals surface area (Å²) in [5.41, 5.74) is 1.33. The molecule has 1 aliphatic heterocycles. The largest absolute Gasteiger partial charge is 0.337 e. The normalized spacial score (nSPS) is 18.1. The van der Waals surface area contributed by atoms with Gasteiger partial charge in [0.15, 0.2) is 0 Å². The van der Waals surface area contributed by atoms with E-state index in [-0.39, 0.29) is 23.6 Å². The molecule has 4 rings (SSSR count). The number of fused-ring (bicyclic) bond motifs is 1. The molecule has 1 amide bonds. The van der Waals surface area contributed by atoms with Gasteiger partial charge in [-0.1, -0.05) is 37.6 Å². The van der Waals surface area contributed by atoms with E-state index in [1.54, 1.807) is 16.7 Å². The van der Waals surface area contributed by atoms with Gasteiger partial charge < -0.3 is 4.90 Å². The van der Waals surface area contributed by atoms with E-state index in [4.69, 9.17) is 16.6 Å². The molecule has 0 bridgehead atoms. The number of nitrogens with zero attached hydrogens (tertiary/aromatic N) is 4. The molecule has 2 atom stereocenters. The minimum atomic E-state index is -0.109. The Morgan fingerprint density at radius 1 is 1.09 bits per heavy atom. The van der Waals surface area contributed by atoms with E-state index in [1.807, 2.05) is 41.3 Å². The number of para-hydroxylation sites is 1. The number of carbonyl (C=O) groups excluding carboxylic acids is 1. The van der Waals surface area contributed by atoms with E-state index < -0.39 is 0 Å². The molecule has 0 spiro atoms. The first kappa shape index (κ1) is 23.5. The van der Waals surface area contributed by atoms with Gasteiger partial charge in [0.05, 0.1) is 22.6 Å². The first-order valence-electron chi connectivity index (χ1n) is 11.6. The molecule has 0 N–H and O–H groups in total. The van der Waals surface area contributed by atoms with Crippen LogP contribution in [0, 0.1) is 5.92 Å². The Balaban J connectivity index is 1.70. The summed E-state index contributed by atoms with van der Waals surface area (Å²) in [6, 6.07) is 14.7. The second kappa shape index (κ2) is 9.65. The third kappa shape index (κ3) is 4.82. The summed E-state index contributed by atoms with van der Waals surface area (Å²) in [6.45, 7) is 10.5. The lowest BCUT2D eigenvalue weighted by Crippen LogP contribution is -2.54. The lowest BCUT2D eigenvalue weighted by atomic mass is 10.1. The zero-order valence-corrected chi connectivity index (χ0v) is 20.4. The van der Waals surface area contributed by atoms with Gasteiger partial charge in [0.1, 0.15) is 5.82 Å². The molecule has 2 heterocycles. The number of carbonyl (C=O) groups is 1. The topological polar surface area (TPSA) is 58.4 Å². The van der Waals surface area contributed by atoms with Crippen molar-refractivity contribution in [3.8, 4) is 5.69 Å². The fraction of sp³-hybridized carbons (Fsp3) is 0.423. The molecular formula is C26H31ClN4O2. The van der Waals surface area contributed by atoms with Crippen molar-refractivity contribution < 1.29 is 4.79 Å². The summed E-state index contributed by atoms with van der Waals surface area (Å²) in [5, 5.41) is 1.20. The van der Waals surface area contributed by atoms with Gasteiger partial charge in [-0.25, -0.2) is 4.98 Å². The van der Waals surface area contributed by atoms with Crippen molar-refractivity contribution in [2.45, 2.75) is 46.2 Å². The molecule has 3 aromatic rings. The average Bonchev–Trinajstić information content (AvgIpc) is 2.78. The Labute approximate surface area is 199 Å². The zero-order chi connectivity index (χ0) is 23.7. The maximum Gasteiger partial charge on any atom is 0.266 e. The van der Waals surface area contributed by atoms with Crippen LogP contribution in [0.4, 0.5) is 0 Å². The summed E-state index contributed by atoms with van der Waals surface area (Å²) >= 11 is 6.10. The van der Waals surface area contributed by atoms with Crippen LogP contribution in [-0.4, -0.2) is 50.9 Å². The minimum Gasteiger partial charge on any atom is -0.337 e. The van der Waals surface area contributed by atoms with E-state index in [2.05, 4.69) is 32.6 Å². The molecule has 0 radical (unpaired) electrons. The first-order chi connectivity index (χ1) is 15.8. The maximum absolute atomic E-state index is 13.5. The van der Waals surface area contributed by atoms with E-state index in [1.165, 1.54) is 0 Å². The molecule has 33 heavy (non-hydrogen) atoms. The Morgan fingerprint density at radius 3 is 2.45 bits per heavy atom. The second-order valence-corrected chi connectivity index (χ2v) is 9.75. The predicted molar refractivity (Wildman–Crippen MR) is 133 cm³/mol. The van der Waals surface area contributed by atoms with Crippen molar-refractivity contribution >= 4 is 28.4 Å². The Hall–Kier alpha value is -2.70. The van der Waals surface area contributed by atoms with Gasteiger partial charge in [-0.05, 0) is 56.2 Å². The van der Waals surface area contributed by atoms with Gasteiger partial charge >= 0.3 is 0 Å². The number of amides is 1. The first-order valence-corrected chi connectivity index (χ1v) is 11.9. The molecule has 1 aromatic heterocycles. The quantitative estimate of drug-likeness (QED) is 0.547. The van der Waals surface area contributed by atoms with Crippen LogP contribution in [0.1, 0.15) is 46.0 Å². The highest BCUT2D eigenvalue weighted by Gasteiger charge is 2.32. The number of rotatable bonds is 5.